The van der Waals surface area contributed by atoms with Crippen LogP contribution in [0.2, 0.25) is 0 Å². The number of benzene rings is 2. The summed E-state index contributed by atoms with van der Waals surface area (Å²) in [6.07, 6.45) is 0. The molecule has 0 aliphatic carbocycles. The molecule has 0 aromatic heterocycles. The number of esters is 1. The Bertz CT molecular complexity index is 618. The van der Waals surface area contributed by atoms with Crippen molar-refractivity contribution in [2.75, 3.05) is 0 Å². The molecule has 0 atom stereocenters. The van der Waals surface area contributed by atoms with Crippen molar-refractivity contribution in [1.82, 2.24) is 0 Å². The SMILES string of the molecule is CC(=O)Oc1ccccc1C(=O)c1ccc(Br)cc1. The number of carbonyl (C=O) groups is 2. The van der Waals surface area contributed by atoms with Crippen molar-refractivity contribution in [3.8, 4) is 5.75 Å². The molecule has 19 heavy (non-hydrogen) atoms. The Morgan fingerprint density at radius 3 is 2.26 bits per heavy atom. The highest BCUT2D eigenvalue weighted by Gasteiger charge is 2.15. The zero-order valence-corrected chi connectivity index (χ0v) is 11.8. The second kappa shape index (κ2) is 5.80. The molecule has 0 spiro atoms. The number of hydrogen-bond acceptors (Lipinski definition) is 3. The van der Waals surface area contributed by atoms with E-state index < -0.39 is 5.97 Å². The van der Waals surface area contributed by atoms with Gasteiger partial charge in [-0.3, -0.25) is 9.59 Å². The Balaban J connectivity index is 2.38. The first-order valence-electron chi connectivity index (χ1n) is 5.65. The third kappa shape index (κ3) is 3.29. The third-order valence-corrected chi connectivity index (χ3v) is 3.02. The molecule has 2 rings (SSSR count). The van der Waals surface area contributed by atoms with Gasteiger partial charge in [0.25, 0.3) is 0 Å². The first-order valence-corrected chi connectivity index (χ1v) is 6.45. The van der Waals surface area contributed by atoms with Crippen LogP contribution >= 0.6 is 15.9 Å². The summed E-state index contributed by atoms with van der Waals surface area (Å²) in [7, 11) is 0. The smallest absolute Gasteiger partial charge is 0.308 e. The minimum Gasteiger partial charge on any atom is -0.426 e. The van der Waals surface area contributed by atoms with Gasteiger partial charge in [-0.15, -0.1) is 0 Å². The van der Waals surface area contributed by atoms with E-state index in [9.17, 15) is 9.59 Å². The van der Waals surface area contributed by atoms with E-state index >= 15 is 0 Å². The molecule has 2 aromatic rings. The van der Waals surface area contributed by atoms with E-state index in [1.807, 2.05) is 0 Å². The molecular weight excluding hydrogens is 308 g/mol. The molecule has 4 heteroatoms. The Labute approximate surface area is 119 Å². The topological polar surface area (TPSA) is 43.4 Å². The predicted molar refractivity (Wildman–Crippen MR) is 75.3 cm³/mol. The number of rotatable bonds is 3. The first-order chi connectivity index (χ1) is 9.08. The van der Waals surface area contributed by atoms with Crippen molar-refractivity contribution in [3.63, 3.8) is 0 Å². The molecule has 0 amide bonds. The summed E-state index contributed by atoms with van der Waals surface area (Å²) in [6, 6.07) is 13.7. The van der Waals surface area contributed by atoms with Gasteiger partial charge in [-0.1, -0.05) is 28.1 Å². The maximum Gasteiger partial charge on any atom is 0.308 e. The van der Waals surface area contributed by atoms with Crippen LogP contribution in [0.25, 0.3) is 0 Å². The van der Waals surface area contributed by atoms with Gasteiger partial charge in [-0.05, 0) is 36.4 Å². The summed E-state index contributed by atoms with van der Waals surface area (Å²) in [5, 5.41) is 0. The number of ketones is 1. The van der Waals surface area contributed by atoms with Gasteiger partial charge in [0.15, 0.2) is 5.78 Å². The Hall–Kier alpha value is -1.94. The van der Waals surface area contributed by atoms with Crippen LogP contribution in [0.1, 0.15) is 22.8 Å². The molecule has 2 aromatic carbocycles. The molecule has 0 aliphatic heterocycles. The average Bonchev–Trinajstić information content (AvgIpc) is 2.39. The van der Waals surface area contributed by atoms with E-state index in [2.05, 4.69) is 15.9 Å². The van der Waals surface area contributed by atoms with Crippen LogP contribution in [-0.4, -0.2) is 11.8 Å². The van der Waals surface area contributed by atoms with Gasteiger partial charge in [-0.2, -0.15) is 0 Å². The second-order valence-electron chi connectivity index (χ2n) is 3.93. The quantitative estimate of drug-likeness (QED) is 0.493. The highest BCUT2D eigenvalue weighted by atomic mass is 79.9. The van der Waals surface area contributed by atoms with Crippen LogP contribution in [-0.2, 0) is 4.79 Å². The number of hydrogen-bond donors (Lipinski definition) is 0. The molecule has 0 bridgehead atoms. The van der Waals surface area contributed by atoms with Crippen LogP contribution in [0.5, 0.6) is 5.75 Å². The highest BCUT2D eigenvalue weighted by molar-refractivity contribution is 9.10. The van der Waals surface area contributed by atoms with Gasteiger partial charge in [0.1, 0.15) is 5.75 Å². The molecule has 0 aliphatic rings. The second-order valence-corrected chi connectivity index (χ2v) is 4.84. The minimum absolute atomic E-state index is 0.177. The number of para-hydroxylation sites is 1. The van der Waals surface area contributed by atoms with Crippen molar-refractivity contribution in [2.24, 2.45) is 0 Å². The lowest BCUT2D eigenvalue weighted by molar-refractivity contribution is -0.131. The maximum absolute atomic E-state index is 12.4. The summed E-state index contributed by atoms with van der Waals surface area (Å²) >= 11 is 3.32. The average molecular weight is 319 g/mol. The van der Waals surface area contributed by atoms with Gasteiger partial charge in [0.2, 0.25) is 0 Å². The summed E-state index contributed by atoms with van der Waals surface area (Å²) in [4.78, 5) is 23.4. The monoisotopic (exact) mass is 318 g/mol. The lowest BCUT2D eigenvalue weighted by Gasteiger charge is -2.07. The van der Waals surface area contributed by atoms with Crippen molar-refractivity contribution in [3.05, 3.63) is 64.1 Å². The molecule has 0 unspecified atom stereocenters. The summed E-state index contributed by atoms with van der Waals surface area (Å²) in [5.41, 5.74) is 0.919. The molecule has 0 fully saturated rings. The Kier molecular flexibility index (Phi) is 4.12. The first kappa shape index (κ1) is 13.5. The van der Waals surface area contributed by atoms with Gasteiger partial charge in [-0.25, -0.2) is 0 Å². The molecular formula is C15H11BrO3. The Morgan fingerprint density at radius 1 is 1.00 bits per heavy atom. The normalized spacial score (nSPS) is 10.0. The molecule has 0 N–H and O–H groups in total. The predicted octanol–water partition coefficient (Wildman–Crippen LogP) is 3.61. The van der Waals surface area contributed by atoms with E-state index in [0.717, 1.165) is 4.47 Å². The zero-order valence-electron chi connectivity index (χ0n) is 10.2. The highest BCUT2D eigenvalue weighted by Crippen LogP contribution is 2.22. The van der Waals surface area contributed by atoms with Gasteiger partial charge in [0.05, 0.1) is 5.56 Å². The van der Waals surface area contributed by atoms with E-state index in [4.69, 9.17) is 4.74 Å². The van der Waals surface area contributed by atoms with E-state index in [1.54, 1.807) is 48.5 Å². The molecule has 0 saturated carbocycles. The van der Waals surface area contributed by atoms with Crippen molar-refractivity contribution in [2.45, 2.75) is 6.92 Å². The standard InChI is InChI=1S/C15H11BrO3/c1-10(17)19-14-5-3-2-4-13(14)15(18)11-6-8-12(16)9-7-11/h2-9H,1H3. The van der Waals surface area contributed by atoms with Crippen molar-refractivity contribution < 1.29 is 14.3 Å². The maximum atomic E-state index is 12.4. The Morgan fingerprint density at radius 2 is 1.63 bits per heavy atom. The van der Waals surface area contributed by atoms with Gasteiger partial charge in [0, 0.05) is 17.0 Å². The van der Waals surface area contributed by atoms with Crippen LogP contribution in [0.15, 0.2) is 53.0 Å². The zero-order chi connectivity index (χ0) is 13.8. The summed E-state index contributed by atoms with van der Waals surface area (Å²) in [6.45, 7) is 1.31. The molecule has 0 saturated heterocycles. The van der Waals surface area contributed by atoms with E-state index in [0.29, 0.717) is 11.1 Å². The largest absolute Gasteiger partial charge is 0.426 e. The minimum atomic E-state index is -0.448. The van der Waals surface area contributed by atoms with E-state index in [-0.39, 0.29) is 11.5 Å². The van der Waals surface area contributed by atoms with Crippen LogP contribution in [0, 0.1) is 0 Å². The molecule has 0 radical (unpaired) electrons. The molecule has 0 heterocycles. The number of ether oxygens (including phenoxy) is 1. The molecule has 3 nitrogen and oxygen atoms in total. The fourth-order valence-corrected chi connectivity index (χ4v) is 1.92. The van der Waals surface area contributed by atoms with Crippen LogP contribution in [0.3, 0.4) is 0 Å². The van der Waals surface area contributed by atoms with Gasteiger partial charge < -0.3 is 4.74 Å². The van der Waals surface area contributed by atoms with Crippen LogP contribution < -0.4 is 4.74 Å². The van der Waals surface area contributed by atoms with Crippen LogP contribution in [0.4, 0.5) is 0 Å². The third-order valence-electron chi connectivity index (χ3n) is 2.49. The number of carbonyl (C=O) groups excluding carboxylic acids is 2. The number of halogens is 1. The lowest BCUT2D eigenvalue weighted by atomic mass is 10.0. The fraction of sp³-hybridized carbons (Fsp3) is 0.0667. The molecule has 96 valence electrons. The van der Waals surface area contributed by atoms with Crippen molar-refractivity contribution in [1.29, 1.82) is 0 Å². The summed E-state index contributed by atoms with van der Waals surface area (Å²) in [5.74, 6) is -0.344. The van der Waals surface area contributed by atoms with Gasteiger partial charge >= 0.3 is 5.97 Å². The van der Waals surface area contributed by atoms with Crippen molar-refractivity contribution >= 4 is 27.7 Å². The fourth-order valence-electron chi connectivity index (χ4n) is 1.65. The van der Waals surface area contributed by atoms with E-state index in [1.165, 1.54) is 6.92 Å². The summed E-state index contributed by atoms with van der Waals surface area (Å²) < 4.78 is 5.94. The lowest BCUT2D eigenvalue weighted by Crippen LogP contribution is -2.08.